The van der Waals surface area contributed by atoms with Crippen LogP contribution in [0.3, 0.4) is 0 Å². The fourth-order valence-electron chi connectivity index (χ4n) is 1.98. The molecule has 1 aliphatic heterocycles. The summed E-state index contributed by atoms with van der Waals surface area (Å²) in [7, 11) is 0. The standard InChI is InChI=1S/C11H17N3O3/c1-8-5-10(17-13-8)12-9(15)6-14-4-3-11(2,16)7-14/h5,16H,3-4,6-7H2,1-2H3,(H,12,15). The Morgan fingerprint density at radius 2 is 2.53 bits per heavy atom. The molecule has 94 valence electrons. The first-order valence-electron chi connectivity index (χ1n) is 5.62. The molecule has 1 aliphatic rings. The van der Waals surface area contributed by atoms with E-state index in [1.54, 1.807) is 19.9 Å². The molecule has 1 aromatic heterocycles. The Bertz CT molecular complexity index is 414. The minimum Gasteiger partial charge on any atom is -0.389 e. The average molecular weight is 239 g/mol. The highest BCUT2D eigenvalue weighted by Crippen LogP contribution is 2.19. The van der Waals surface area contributed by atoms with Gasteiger partial charge in [0.15, 0.2) is 0 Å². The van der Waals surface area contributed by atoms with E-state index in [1.807, 2.05) is 4.90 Å². The molecule has 6 nitrogen and oxygen atoms in total. The number of aromatic nitrogens is 1. The molecule has 1 atom stereocenters. The molecule has 0 radical (unpaired) electrons. The lowest BCUT2D eigenvalue weighted by Crippen LogP contribution is -2.35. The Morgan fingerprint density at radius 3 is 3.06 bits per heavy atom. The third kappa shape index (κ3) is 3.28. The molecule has 1 amide bonds. The first-order valence-corrected chi connectivity index (χ1v) is 5.62. The summed E-state index contributed by atoms with van der Waals surface area (Å²) >= 11 is 0. The smallest absolute Gasteiger partial charge is 0.240 e. The highest BCUT2D eigenvalue weighted by atomic mass is 16.5. The van der Waals surface area contributed by atoms with Gasteiger partial charge in [-0.05, 0) is 20.3 Å². The normalized spacial score (nSPS) is 25.1. The molecule has 0 bridgehead atoms. The van der Waals surface area contributed by atoms with Crippen molar-refractivity contribution in [1.82, 2.24) is 10.1 Å². The van der Waals surface area contributed by atoms with Crippen LogP contribution in [0.25, 0.3) is 0 Å². The number of hydrogen-bond acceptors (Lipinski definition) is 5. The van der Waals surface area contributed by atoms with E-state index in [0.29, 0.717) is 18.8 Å². The summed E-state index contributed by atoms with van der Waals surface area (Å²) in [6.07, 6.45) is 0.696. The molecule has 0 saturated carbocycles. The van der Waals surface area contributed by atoms with Crippen LogP contribution >= 0.6 is 0 Å². The second-order valence-electron chi connectivity index (χ2n) is 4.84. The molecule has 0 aliphatic carbocycles. The maximum absolute atomic E-state index is 11.7. The van der Waals surface area contributed by atoms with Gasteiger partial charge in [-0.2, -0.15) is 0 Å². The van der Waals surface area contributed by atoms with Crippen LogP contribution in [0.1, 0.15) is 19.0 Å². The summed E-state index contributed by atoms with van der Waals surface area (Å²) in [5.74, 6) is 0.206. The maximum Gasteiger partial charge on any atom is 0.240 e. The predicted molar refractivity (Wildman–Crippen MR) is 61.6 cm³/mol. The van der Waals surface area contributed by atoms with Crippen LogP contribution in [0, 0.1) is 6.92 Å². The summed E-state index contributed by atoms with van der Waals surface area (Å²) in [6, 6.07) is 1.66. The monoisotopic (exact) mass is 239 g/mol. The Kier molecular flexibility index (Phi) is 3.17. The predicted octanol–water partition coefficient (Wildman–Crippen LogP) is 0.378. The van der Waals surface area contributed by atoms with E-state index >= 15 is 0 Å². The van der Waals surface area contributed by atoms with Gasteiger partial charge >= 0.3 is 0 Å². The van der Waals surface area contributed by atoms with Crippen molar-refractivity contribution in [3.05, 3.63) is 11.8 Å². The second kappa shape index (κ2) is 4.46. The second-order valence-corrected chi connectivity index (χ2v) is 4.84. The highest BCUT2D eigenvalue weighted by Gasteiger charge is 2.32. The van der Waals surface area contributed by atoms with Crippen molar-refractivity contribution in [3.63, 3.8) is 0 Å². The van der Waals surface area contributed by atoms with E-state index in [4.69, 9.17) is 4.52 Å². The number of nitrogens with one attached hydrogen (secondary N) is 1. The molecule has 1 fully saturated rings. The van der Waals surface area contributed by atoms with Crippen molar-refractivity contribution in [3.8, 4) is 0 Å². The van der Waals surface area contributed by atoms with Gasteiger partial charge in [0.1, 0.15) is 0 Å². The molecule has 6 heteroatoms. The van der Waals surface area contributed by atoms with Gasteiger partial charge < -0.3 is 9.63 Å². The van der Waals surface area contributed by atoms with E-state index in [-0.39, 0.29) is 12.5 Å². The van der Waals surface area contributed by atoms with Crippen molar-refractivity contribution in [2.45, 2.75) is 25.9 Å². The number of amides is 1. The van der Waals surface area contributed by atoms with Crippen LogP contribution in [0.15, 0.2) is 10.6 Å². The zero-order chi connectivity index (χ0) is 12.5. The Morgan fingerprint density at radius 1 is 1.76 bits per heavy atom. The number of nitrogens with zero attached hydrogens (tertiary/aromatic N) is 2. The molecule has 2 N–H and O–H groups in total. The number of hydrogen-bond donors (Lipinski definition) is 2. The van der Waals surface area contributed by atoms with E-state index in [0.717, 1.165) is 12.2 Å². The lowest BCUT2D eigenvalue weighted by molar-refractivity contribution is -0.117. The van der Waals surface area contributed by atoms with Crippen LogP contribution in [-0.4, -0.2) is 46.3 Å². The van der Waals surface area contributed by atoms with Crippen LogP contribution in [0.5, 0.6) is 0 Å². The van der Waals surface area contributed by atoms with E-state index in [1.165, 1.54) is 0 Å². The molecule has 1 unspecified atom stereocenters. The minimum atomic E-state index is -0.677. The Labute approximate surface area is 99.6 Å². The van der Waals surface area contributed by atoms with Crippen LogP contribution in [0.2, 0.25) is 0 Å². The van der Waals surface area contributed by atoms with E-state index in [9.17, 15) is 9.90 Å². The van der Waals surface area contributed by atoms with Gasteiger partial charge in [-0.3, -0.25) is 15.0 Å². The maximum atomic E-state index is 11.7. The number of aliphatic hydroxyl groups is 1. The van der Waals surface area contributed by atoms with Crippen molar-refractivity contribution < 1.29 is 14.4 Å². The van der Waals surface area contributed by atoms with Gasteiger partial charge in [-0.1, -0.05) is 5.16 Å². The third-order valence-electron chi connectivity index (χ3n) is 2.79. The Balaban J connectivity index is 1.82. The third-order valence-corrected chi connectivity index (χ3v) is 2.79. The first kappa shape index (κ1) is 12.1. The summed E-state index contributed by atoms with van der Waals surface area (Å²) in [5, 5.41) is 16.1. The number of carbonyl (C=O) groups excluding carboxylic acids is 1. The Hall–Kier alpha value is -1.40. The van der Waals surface area contributed by atoms with Gasteiger partial charge in [-0.25, -0.2) is 0 Å². The molecule has 1 aromatic rings. The van der Waals surface area contributed by atoms with Gasteiger partial charge in [0, 0.05) is 19.2 Å². The van der Waals surface area contributed by atoms with E-state index < -0.39 is 5.60 Å². The first-order chi connectivity index (χ1) is 7.94. The number of anilines is 1. The molecular formula is C11H17N3O3. The molecular weight excluding hydrogens is 222 g/mol. The summed E-state index contributed by atoms with van der Waals surface area (Å²) < 4.78 is 4.89. The lowest BCUT2D eigenvalue weighted by Gasteiger charge is -2.17. The van der Waals surface area contributed by atoms with Gasteiger partial charge in [-0.15, -0.1) is 0 Å². The molecule has 17 heavy (non-hydrogen) atoms. The zero-order valence-corrected chi connectivity index (χ0v) is 10.1. The molecule has 2 heterocycles. The van der Waals surface area contributed by atoms with Gasteiger partial charge in [0.05, 0.1) is 17.8 Å². The molecule has 1 saturated heterocycles. The van der Waals surface area contributed by atoms with Gasteiger partial charge in [0.2, 0.25) is 11.8 Å². The summed E-state index contributed by atoms with van der Waals surface area (Å²) in [4.78, 5) is 13.6. The van der Waals surface area contributed by atoms with Crippen molar-refractivity contribution >= 4 is 11.8 Å². The molecule has 0 spiro atoms. The number of rotatable bonds is 3. The molecule has 2 rings (SSSR count). The fourth-order valence-corrected chi connectivity index (χ4v) is 1.98. The van der Waals surface area contributed by atoms with Crippen LogP contribution in [0.4, 0.5) is 5.88 Å². The van der Waals surface area contributed by atoms with Crippen LogP contribution in [-0.2, 0) is 4.79 Å². The van der Waals surface area contributed by atoms with Crippen molar-refractivity contribution in [2.75, 3.05) is 25.0 Å². The topological polar surface area (TPSA) is 78.6 Å². The number of aryl methyl sites for hydroxylation is 1. The minimum absolute atomic E-state index is 0.154. The number of β-amino-alcohol motifs (C(OH)–C–C–N with tert-alkyl or cyclic N) is 1. The van der Waals surface area contributed by atoms with Crippen molar-refractivity contribution in [2.24, 2.45) is 0 Å². The lowest BCUT2D eigenvalue weighted by atomic mass is 10.1. The van der Waals surface area contributed by atoms with E-state index in [2.05, 4.69) is 10.5 Å². The van der Waals surface area contributed by atoms with Crippen LogP contribution < -0.4 is 5.32 Å². The zero-order valence-electron chi connectivity index (χ0n) is 10.1. The average Bonchev–Trinajstić information content (AvgIpc) is 2.73. The quantitative estimate of drug-likeness (QED) is 0.797. The summed E-state index contributed by atoms with van der Waals surface area (Å²) in [6.45, 7) is 5.09. The molecule has 0 aromatic carbocycles. The SMILES string of the molecule is Cc1cc(NC(=O)CN2CCC(C)(O)C2)on1. The number of likely N-dealkylation sites (tertiary alicyclic amines) is 1. The summed E-state index contributed by atoms with van der Waals surface area (Å²) in [5.41, 5.74) is 0.0488. The highest BCUT2D eigenvalue weighted by molar-refractivity contribution is 5.90. The number of carbonyl (C=O) groups is 1. The fraction of sp³-hybridized carbons (Fsp3) is 0.636. The van der Waals surface area contributed by atoms with Gasteiger partial charge in [0.25, 0.3) is 0 Å². The largest absolute Gasteiger partial charge is 0.389 e. The van der Waals surface area contributed by atoms with Crippen molar-refractivity contribution in [1.29, 1.82) is 0 Å².